The van der Waals surface area contributed by atoms with Crippen molar-refractivity contribution in [1.82, 2.24) is 30.2 Å². The van der Waals surface area contributed by atoms with Crippen LogP contribution >= 0.6 is 0 Å². The number of ether oxygens (including phenoxy) is 3. The van der Waals surface area contributed by atoms with Crippen molar-refractivity contribution in [2.24, 2.45) is 17.3 Å². The quantitative estimate of drug-likeness (QED) is 0.154. The third-order valence-electron chi connectivity index (χ3n) is 10.9. The number of hydrogen-bond acceptors (Lipinski definition) is 11. The Hall–Kier alpha value is -4.99. The molecule has 4 amide bonds. The Balaban J connectivity index is 1.26. The molecule has 3 aliphatic carbocycles. The Morgan fingerprint density at radius 1 is 1.09 bits per heavy atom. The van der Waals surface area contributed by atoms with E-state index in [0.29, 0.717) is 35.3 Å². The first kappa shape index (κ1) is 40.7. The molecular formula is C40H52N6O9S. The maximum absolute atomic E-state index is 14.6. The molecule has 4 fully saturated rings. The van der Waals surface area contributed by atoms with Crippen LogP contribution in [0.4, 0.5) is 4.79 Å². The van der Waals surface area contributed by atoms with Gasteiger partial charge in [-0.1, -0.05) is 39.5 Å². The number of nitrogens with zero attached hydrogens (tertiary/aromatic N) is 3. The predicted molar refractivity (Wildman–Crippen MR) is 209 cm³/mol. The van der Waals surface area contributed by atoms with Gasteiger partial charge >= 0.3 is 6.09 Å². The highest BCUT2D eigenvalue weighted by Gasteiger charge is 2.62. The van der Waals surface area contributed by atoms with E-state index in [0.717, 1.165) is 25.7 Å². The molecular weight excluding hydrogens is 741 g/mol. The standard InChI is InChI=1S/C40H52N6O9S/c1-8-11-12-13-23-18-32(23)55-38(50)43-33(39(4,5)6)36(48)46-22-26(54-35-28(10-3)41-29-17-14-25(53-7)19-30(29)42-35)20-31(46)34(47)44-40(21-24(40)9-2)37(49)45-56(51,52)27-15-16-27/h8-10,14,17,19,23-24,26-27,31-33H,1-3,11-13,15-16,18,20-22H2,4-7H3,(H,43,50)(H,44,47)(H,45,49)/t23-,24-,26-,31+,32-,33-,40-/m1/s1. The van der Waals surface area contributed by atoms with Crippen LogP contribution in [0.25, 0.3) is 17.1 Å². The van der Waals surface area contributed by atoms with Gasteiger partial charge in [0, 0.05) is 18.4 Å². The van der Waals surface area contributed by atoms with E-state index in [1.54, 1.807) is 39.0 Å². The number of unbranched alkanes of at least 4 members (excludes halogenated alkanes) is 1. The number of hydrogen-bond donors (Lipinski definition) is 3. The minimum atomic E-state index is -3.92. The number of sulfonamides is 1. The van der Waals surface area contributed by atoms with Crippen molar-refractivity contribution >= 4 is 50.9 Å². The van der Waals surface area contributed by atoms with E-state index in [4.69, 9.17) is 14.2 Å². The smallest absolute Gasteiger partial charge is 0.408 e. The summed E-state index contributed by atoms with van der Waals surface area (Å²) >= 11 is 0. The SMILES string of the molecule is C=CCCC[C@@H]1C[C@H]1OC(=O)N[C@H](C(=O)N1C[C@H](Oc2nc3cc(OC)ccc3nc2C=C)C[C@H]1C(=O)N[C@]1(C(=O)NS(=O)(=O)C2CC2)C[C@H]1C=C)C(C)(C)C. The van der Waals surface area contributed by atoms with Gasteiger partial charge in [0.15, 0.2) is 0 Å². The number of rotatable bonds is 17. The number of amides is 4. The van der Waals surface area contributed by atoms with Gasteiger partial charge in [-0.3, -0.25) is 19.1 Å². The summed E-state index contributed by atoms with van der Waals surface area (Å²) < 4.78 is 45.0. The number of nitrogens with one attached hydrogen (secondary N) is 3. The zero-order valence-corrected chi connectivity index (χ0v) is 33.2. The van der Waals surface area contributed by atoms with E-state index >= 15 is 0 Å². The summed E-state index contributed by atoms with van der Waals surface area (Å²) in [5.74, 6) is -1.73. The van der Waals surface area contributed by atoms with Crippen LogP contribution in [0, 0.1) is 17.3 Å². The first-order valence-corrected chi connectivity index (χ1v) is 20.6. The number of carbonyl (C=O) groups is 4. The van der Waals surface area contributed by atoms with Crippen LogP contribution in [-0.2, 0) is 29.1 Å². The summed E-state index contributed by atoms with van der Waals surface area (Å²) in [5, 5.41) is 4.90. The number of benzene rings is 1. The highest BCUT2D eigenvalue weighted by molar-refractivity contribution is 7.91. The molecule has 3 saturated carbocycles. The molecule has 302 valence electrons. The second kappa shape index (κ2) is 15.9. The van der Waals surface area contributed by atoms with Crippen molar-refractivity contribution < 1.29 is 41.8 Å². The lowest BCUT2D eigenvalue weighted by molar-refractivity contribution is -0.142. The monoisotopic (exact) mass is 792 g/mol. The predicted octanol–water partition coefficient (Wildman–Crippen LogP) is 4.18. The molecule has 1 aliphatic heterocycles. The number of methoxy groups -OCH3 is 1. The Kier molecular flexibility index (Phi) is 11.5. The second-order valence-corrected chi connectivity index (χ2v) is 18.2. The van der Waals surface area contributed by atoms with E-state index in [1.165, 1.54) is 24.2 Å². The van der Waals surface area contributed by atoms with Gasteiger partial charge in [0.05, 0.1) is 29.9 Å². The summed E-state index contributed by atoms with van der Waals surface area (Å²) in [6, 6.07) is 2.89. The first-order valence-electron chi connectivity index (χ1n) is 19.1. The lowest BCUT2D eigenvalue weighted by Gasteiger charge is -2.35. The van der Waals surface area contributed by atoms with Gasteiger partial charge in [-0.05, 0) is 74.5 Å². The highest BCUT2D eigenvalue weighted by Crippen LogP contribution is 2.46. The van der Waals surface area contributed by atoms with Crippen LogP contribution < -0.4 is 24.8 Å². The maximum atomic E-state index is 14.6. The van der Waals surface area contributed by atoms with Crippen molar-refractivity contribution in [3.05, 3.63) is 55.8 Å². The summed E-state index contributed by atoms with van der Waals surface area (Å²) in [4.78, 5) is 66.4. The largest absolute Gasteiger partial charge is 0.497 e. The molecule has 1 aromatic heterocycles. The van der Waals surface area contributed by atoms with Crippen LogP contribution in [0.5, 0.6) is 11.6 Å². The average molecular weight is 793 g/mol. The molecule has 1 saturated heterocycles. The zero-order valence-electron chi connectivity index (χ0n) is 32.4. The van der Waals surface area contributed by atoms with Gasteiger partial charge in [-0.15, -0.1) is 13.2 Å². The molecule has 16 heteroatoms. The van der Waals surface area contributed by atoms with E-state index in [-0.39, 0.29) is 37.3 Å². The van der Waals surface area contributed by atoms with Gasteiger partial charge in [-0.2, -0.15) is 0 Å². The number of fused-ring (bicyclic) bond motifs is 1. The first-order chi connectivity index (χ1) is 26.5. The van der Waals surface area contributed by atoms with Gasteiger partial charge in [0.2, 0.25) is 27.7 Å². The van der Waals surface area contributed by atoms with E-state index in [2.05, 4.69) is 45.1 Å². The van der Waals surface area contributed by atoms with Gasteiger partial charge < -0.3 is 29.7 Å². The zero-order chi connectivity index (χ0) is 40.6. The molecule has 0 radical (unpaired) electrons. The average Bonchev–Trinajstić information content (AvgIpc) is 4.08. The fraction of sp³-hybridized carbons (Fsp3) is 0.550. The maximum Gasteiger partial charge on any atom is 0.408 e. The van der Waals surface area contributed by atoms with Crippen LogP contribution in [0.3, 0.4) is 0 Å². The minimum Gasteiger partial charge on any atom is -0.497 e. The summed E-state index contributed by atoms with van der Waals surface area (Å²) in [7, 11) is -2.38. The third kappa shape index (κ3) is 8.85. The lowest BCUT2D eigenvalue weighted by atomic mass is 9.85. The number of carbonyl (C=O) groups excluding carboxylic acids is 4. The molecule has 1 aromatic carbocycles. The molecule has 3 N–H and O–H groups in total. The molecule has 7 atom stereocenters. The van der Waals surface area contributed by atoms with Crippen LogP contribution in [0.15, 0.2) is 50.1 Å². The van der Waals surface area contributed by atoms with Crippen molar-refractivity contribution in [1.29, 1.82) is 0 Å². The van der Waals surface area contributed by atoms with Crippen molar-refractivity contribution in [3.8, 4) is 11.6 Å². The highest BCUT2D eigenvalue weighted by atomic mass is 32.2. The molecule has 2 heterocycles. The summed E-state index contributed by atoms with van der Waals surface area (Å²) in [5.41, 5.74) is -1.01. The lowest BCUT2D eigenvalue weighted by Crippen LogP contribution is -2.60. The van der Waals surface area contributed by atoms with Crippen LogP contribution in [-0.4, -0.2) is 95.8 Å². The van der Waals surface area contributed by atoms with E-state index < -0.39 is 74.1 Å². The molecule has 0 spiro atoms. The molecule has 2 aromatic rings. The Morgan fingerprint density at radius 2 is 1.84 bits per heavy atom. The summed E-state index contributed by atoms with van der Waals surface area (Å²) in [6.07, 6.45) is 7.52. The Labute approximate surface area is 327 Å². The molecule has 6 rings (SSSR count). The second-order valence-electron chi connectivity index (χ2n) is 16.2. The topological polar surface area (TPSA) is 195 Å². The van der Waals surface area contributed by atoms with Gasteiger partial charge in [0.1, 0.15) is 41.3 Å². The summed E-state index contributed by atoms with van der Waals surface area (Å²) in [6.45, 7) is 16.7. The molecule has 15 nitrogen and oxygen atoms in total. The van der Waals surface area contributed by atoms with Gasteiger partial charge in [0.25, 0.3) is 5.91 Å². The van der Waals surface area contributed by atoms with E-state index in [1.807, 2.05) is 6.08 Å². The number of aromatic nitrogens is 2. The van der Waals surface area contributed by atoms with Crippen LogP contribution in [0.2, 0.25) is 0 Å². The Morgan fingerprint density at radius 3 is 2.46 bits per heavy atom. The van der Waals surface area contributed by atoms with Crippen molar-refractivity contribution in [2.75, 3.05) is 13.7 Å². The molecule has 56 heavy (non-hydrogen) atoms. The van der Waals surface area contributed by atoms with Gasteiger partial charge in [-0.25, -0.2) is 23.2 Å². The normalized spacial score (nSPS) is 26.0. The van der Waals surface area contributed by atoms with E-state index in [9.17, 15) is 27.6 Å². The Bertz CT molecular complexity index is 2030. The molecule has 0 unspecified atom stereocenters. The molecule has 4 aliphatic rings. The number of allylic oxidation sites excluding steroid dienone is 1. The fourth-order valence-corrected chi connectivity index (χ4v) is 8.59. The van der Waals surface area contributed by atoms with Crippen molar-refractivity contribution in [2.45, 2.75) is 107 Å². The molecule has 0 bridgehead atoms. The van der Waals surface area contributed by atoms with Crippen molar-refractivity contribution in [3.63, 3.8) is 0 Å². The number of alkyl carbamates (subject to hydrolysis) is 1. The third-order valence-corrected chi connectivity index (χ3v) is 12.7. The fourth-order valence-electron chi connectivity index (χ4n) is 7.23. The van der Waals surface area contributed by atoms with Crippen LogP contribution in [0.1, 0.15) is 77.8 Å². The minimum absolute atomic E-state index is 0.0292. The number of likely N-dealkylation sites (tertiary alicyclic amines) is 1.